The Hall–Kier alpha value is 0. The summed E-state index contributed by atoms with van der Waals surface area (Å²) in [6.45, 7) is 2.30. The molecule has 0 heterocycles. The molecule has 0 aromatic rings. The third-order valence-corrected chi connectivity index (χ3v) is 5.19. The lowest BCUT2D eigenvalue weighted by Gasteiger charge is -2.08. The summed E-state index contributed by atoms with van der Waals surface area (Å²) in [5.41, 5.74) is 0. The SMILES string of the molecule is CCCCCCCCCCCCCCCC1CCCC1. The van der Waals surface area contributed by atoms with Crippen molar-refractivity contribution in [2.75, 3.05) is 0 Å². The average Bonchev–Trinajstić information content (AvgIpc) is 2.97. The van der Waals surface area contributed by atoms with E-state index in [1.165, 1.54) is 116 Å². The van der Waals surface area contributed by atoms with Gasteiger partial charge in [-0.05, 0) is 5.92 Å². The molecule has 1 aliphatic carbocycles. The van der Waals surface area contributed by atoms with Gasteiger partial charge in [-0.25, -0.2) is 0 Å². The molecule has 120 valence electrons. The van der Waals surface area contributed by atoms with E-state index < -0.39 is 0 Å². The molecule has 0 aromatic heterocycles. The molecule has 0 unspecified atom stereocenters. The largest absolute Gasteiger partial charge is 0.0654 e. The van der Waals surface area contributed by atoms with Crippen LogP contribution >= 0.6 is 0 Å². The van der Waals surface area contributed by atoms with Gasteiger partial charge in [0.25, 0.3) is 0 Å². The van der Waals surface area contributed by atoms with E-state index in [1.807, 2.05) is 0 Å². The van der Waals surface area contributed by atoms with E-state index in [1.54, 1.807) is 0 Å². The first kappa shape index (κ1) is 18.1. The zero-order valence-electron chi connectivity index (χ0n) is 14.3. The average molecular weight is 281 g/mol. The molecule has 0 N–H and O–H groups in total. The molecule has 0 bridgehead atoms. The van der Waals surface area contributed by atoms with E-state index in [0.29, 0.717) is 0 Å². The third kappa shape index (κ3) is 10.7. The van der Waals surface area contributed by atoms with Crippen molar-refractivity contribution in [1.82, 2.24) is 0 Å². The summed E-state index contributed by atoms with van der Waals surface area (Å²) in [6, 6.07) is 0. The van der Waals surface area contributed by atoms with Crippen molar-refractivity contribution in [3.63, 3.8) is 0 Å². The maximum absolute atomic E-state index is 2.30. The van der Waals surface area contributed by atoms with Crippen LogP contribution in [-0.2, 0) is 0 Å². The Morgan fingerprint density at radius 3 is 1.40 bits per heavy atom. The summed E-state index contributed by atoms with van der Waals surface area (Å²) in [5.74, 6) is 1.11. The lowest BCUT2D eigenvalue weighted by atomic mass is 9.99. The van der Waals surface area contributed by atoms with E-state index in [2.05, 4.69) is 6.92 Å². The second kappa shape index (κ2) is 14.0. The minimum absolute atomic E-state index is 1.11. The molecule has 1 saturated carbocycles. The van der Waals surface area contributed by atoms with Gasteiger partial charge in [-0.15, -0.1) is 0 Å². The lowest BCUT2D eigenvalue weighted by molar-refractivity contribution is 0.459. The summed E-state index contributed by atoms with van der Waals surface area (Å²) in [5, 5.41) is 0. The normalized spacial score (nSPS) is 16.1. The molecule has 0 radical (unpaired) electrons. The minimum atomic E-state index is 1.11. The highest BCUT2D eigenvalue weighted by Gasteiger charge is 2.13. The number of unbranched alkanes of at least 4 members (excludes halogenated alkanes) is 12. The fourth-order valence-electron chi connectivity index (χ4n) is 3.75. The van der Waals surface area contributed by atoms with E-state index in [4.69, 9.17) is 0 Å². The van der Waals surface area contributed by atoms with Crippen LogP contribution < -0.4 is 0 Å². The van der Waals surface area contributed by atoms with Crippen molar-refractivity contribution in [3.8, 4) is 0 Å². The van der Waals surface area contributed by atoms with Gasteiger partial charge in [0, 0.05) is 0 Å². The molecule has 0 spiro atoms. The van der Waals surface area contributed by atoms with Crippen LogP contribution in [0.4, 0.5) is 0 Å². The number of hydrogen-bond acceptors (Lipinski definition) is 0. The van der Waals surface area contributed by atoms with Crippen molar-refractivity contribution in [2.24, 2.45) is 5.92 Å². The molecule has 1 rings (SSSR count). The first-order valence-corrected chi connectivity index (χ1v) is 9.93. The van der Waals surface area contributed by atoms with E-state index in [9.17, 15) is 0 Å². The first-order chi connectivity index (χ1) is 9.93. The van der Waals surface area contributed by atoms with Crippen LogP contribution in [0.5, 0.6) is 0 Å². The molecule has 20 heavy (non-hydrogen) atoms. The summed E-state index contributed by atoms with van der Waals surface area (Å²) in [4.78, 5) is 0. The predicted molar refractivity (Wildman–Crippen MR) is 92.3 cm³/mol. The molecule has 0 aromatic carbocycles. The van der Waals surface area contributed by atoms with Crippen molar-refractivity contribution < 1.29 is 0 Å². The molecular formula is C20H40. The van der Waals surface area contributed by atoms with Gasteiger partial charge in [-0.3, -0.25) is 0 Å². The second-order valence-corrected chi connectivity index (χ2v) is 7.18. The predicted octanol–water partition coefficient (Wildman–Crippen LogP) is 7.66. The highest BCUT2D eigenvalue weighted by molar-refractivity contribution is 4.66. The maximum Gasteiger partial charge on any atom is -0.0414 e. The van der Waals surface area contributed by atoms with E-state index in [0.717, 1.165) is 5.92 Å². The summed E-state index contributed by atoms with van der Waals surface area (Å²) >= 11 is 0. The fourth-order valence-corrected chi connectivity index (χ4v) is 3.75. The second-order valence-electron chi connectivity index (χ2n) is 7.18. The van der Waals surface area contributed by atoms with Gasteiger partial charge < -0.3 is 0 Å². The van der Waals surface area contributed by atoms with Crippen LogP contribution in [-0.4, -0.2) is 0 Å². The minimum Gasteiger partial charge on any atom is -0.0654 e. The van der Waals surface area contributed by atoms with Crippen LogP contribution in [0.2, 0.25) is 0 Å². The van der Waals surface area contributed by atoms with Gasteiger partial charge in [0.1, 0.15) is 0 Å². The Balaban J connectivity index is 1.66. The Morgan fingerprint density at radius 2 is 0.950 bits per heavy atom. The molecule has 0 saturated heterocycles. The van der Waals surface area contributed by atoms with E-state index in [-0.39, 0.29) is 0 Å². The number of hydrogen-bond donors (Lipinski definition) is 0. The van der Waals surface area contributed by atoms with Crippen molar-refractivity contribution >= 4 is 0 Å². The van der Waals surface area contributed by atoms with Crippen molar-refractivity contribution in [2.45, 2.75) is 122 Å². The summed E-state index contributed by atoms with van der Waals surface area (Å²) in [7, 11) is 0. The Bertz CT molecular complexity index is 178. The number of rotatable bonds is 14. The van der Waals surface area contributed by atoms with Crippen molar-refractivity contribution in [3.05, 3.63) is 0 Å². The van der Waals surface area contributed by atoms with Gasteiger partial charge in [0.05, 0.1) is 0 Å². The lowest BCUT2D eigenvalue weighted by Crippen LogP contribution is -1.92. The Morgan fingerprint density at radius 1 is 0.550 bits per heavy atom. The molecule has 0 heteroatoms. The standard InChI is InChI=1S/C20H40/c1-2-3-4-5-6-7-8-9-10-11-12-13-14-17-20-18-15-16-19-20/h20H,2-19H2,1H3. The highest BCUT2D eigenvalue weighted by Crippen LogP contribution is 2.29. The summed E-state index contributed by atoms with van der Waals surface area (Å²) < 4.78 is 0. The molecule has 0 aliphatic heterocycles. The monoisotopic (exact) mass is 280 g/mol. The molecular weight excluding hydrogens is 240 g/mol. The van der Waals surface area contributed by atoms with Crippen LogP contribution in [0.25, 0.3) is 0 Å². The third-order valence-electron chi connectivity index (χ3n) is 5.19. The smallest absolute Gasteiger partial charge is 0.0414 e. The zero-order valence-corrected chi connectivity index (χ0v) is 14.3. The zero-order chi connectivity index (χ0) is 14.3. The summed E-state index contributed by atoms with van der Waals surface area (Å²) in [6.07, 6.45) is 26.9. The van der Waals surface area contributed by atoms with Crippen molar-refractivity contribution in [1.29, 1.82) is 0 Å². The molecule has 1 fully saturated rings. The van der Waals surface area contributed by atoms with Crippen LogP contribution in [0.3, 0.4) is 0 Å². The van der Waals surface area contributed by atoms with Crippen LogP contribution in [0.1, 0.15) is 122 Å². The van der Waals surface area contributed by atoms with Gasteiger partial charge >= 0.3 is 0 Å². The molecule has 0 nitrogen and oxygen atoms in total. The Labute approximate surface area is 129 Å². The van der Waals surface area contributed by atoms with Gasteiger partial charge in [-0.1, -0.05) is 122 Å². The van der Waals surface area contributed by atoms with Gasteiger partial charge in [0.15, 0.2) is 0 Å². The molecule has 0 amide bonds. The quantitative estimate of drug-likeness (QED) is 0.286. The van der Waals surface area contributed by atoms with E-state index >= 15 is 0 Å². The highest BCUT2D eigenvalue weighted by atomic mass is 14.2. The topological polar surface area (TPSA) is 0 Å². The van der Waals surface area contributed by atoms with Crippen LogP contribution in [0, 0.1) is 5.92 Å². The fraction of sp³-hybridized carbons (Fsp3) is 1.00. The molecule has 1 aliphatic rings. The van der Waals surface area contributed by atoms with Crippen LogP contribution in [0.15, 0.2) is 0 Å². The first-order valence-electron chi connectivity index (χ1n) is 9.93. The van der Waals surface area contributed by atoms with Gasteiger partial charge in [-0.2, -0.15) is 0 Å². The van der Waals surface area contributed by atoms with Gasteiger partial charge in [0.2, 0.25) is 0 Å². The Kier molecular flexibility index (Phi) is 12.6. The molecule has 0 atom stereocenters. The maximum atomic E-state index is 2.30.